The number of nitrogens with one attached hydrogen (secondary N) is 1. The molecule has 2 aliphatic rings. The summed E-state index contributed by atoms with van der Waals surface area (Å²) in [5, 5.41) is 9.99. The van der Waals surface area contributed by atoms with E-state index in [-0.39, 0.29) is 11.2 Å². The molecule has 176 valence electrons. The van der Waals surface area contributed by atoms with E-state index in [1.165, 1.54) is 53.0 Å². The second kappa shape index (κ2) is 8.75. The molecule has 0 saturated heterocycles. The van der Waals surface area contributed by atoms with Crippen LogP contribution in [0.3, 0.4) is 0 Å². The fourth-order valence-corrected chi connectivity index (χ4v) is 6.23. The summed E-state index contributed by atoms with van der Waals surface area (Å²) in [4.78, 5) is 20.5. The maximum absolute atomic E-state index is 6.21. The third-order valence-corrected chi connectivity index (χ3v) is 8.09. The van der Waals surface area contributed by atoms with Crippen LogP contribution in [-0.4, -0.2) is 53.7 Å². The van der Waals surface area contributed by atoms with E-state index in [0.29, 0.717) is 11.8 Å². The Labute approximate surface area is 206 Å². The first-order chi connectivity index (χ1) is 16.5. The minimum absolute atomic E-state index is 0.148. The smallest absolute Gasteiger partial charge is 0.248 e. The van der Waals surface area contributed by atoms with Crippen LogP contribution >= 0.6 is 22.9 Å². The SMILES string of the molecule is Cc1csc2c(-n3nc(Nc4cnc5c(c4)CCN(C4CCCC4)CC5)nc3N)nc(Cl)nc12. The fourth-order valence-electron chi connectivity index (χ4n) is 5.11. The molecule has 1 aliphatic carbocycles. The standard InChI is InChI=1S/C23H26ClN9S/c1-13-12-34-19-18(13)28-21(24)29-20(19)33-22(25)30-23(31-33)27-15-10-14-6-8-32(16-4-2-3-5-16)9-7-17(14)26-11-15/h10-12,16H,2-9H2,1H3,(H3,25,27,30,31). The van der Waals surface area contributed by atoms with Crippen molar-refractivity contribution in [1.29, 1.82) is 0 Å². The predicted octanol–water partition coefficient (Wildman–Crippen LogP) is 4.30. The van der Waals surface area contributed by atoms with E-state index in [4.69, 9.17) is 22.3 Å². The molecule has 0 unspecified atom stereocenters. The van der Waals surface area contributed by atoms with Crippen molar-refractivity contribution in [3.8, 4) is 5.82 Å². The van der Waals surface area contributed by atoms with Crippen molar-refractivity contribution < 1.29 is 0 Å². The van der Waals surface area contributed by atoms with E-state index in [1.807, 2.05) is 18.5 Å². The summed E-state index contributed by atoms with van der Waals surface area (Å²) in [6, 6.07) is 2.91. The average molecular weight is 496 g/mol. The molecule has 0 amide bonds. The summed E-state index contributed by atoms with van der Waals surface area (Å²) < 4.78 is 2.37. The third kappa shape index (κ3) is 3.99. The number of thiophene rings is 1. The highest BCUT2D eigenvalue weighted by Gasteiger charge is 2.25. The Balaban J connectivity index is 1.24. The highest BCUT2D eigenvalue weighted by Crippen LogP contribution is 2.31. The molecule has 34 heavy (non-hydrogen) atoms. The first-order valence-electron chi connectivity index (χ1n) is 11.7. The number of fused-ring (bicyclic) bond motifs is 2. The summed E-state index contributed by atoms with van der Waals surface area (Å²) in [5.74, 6) is 1.13. The molecule has 4 aromatic rings. The fraction of sp³-hybridized carbons (Fsp3) is 0.435. The lowest BCUT2D eigenvalue weighted by Gasteiger charge is -2.26. The molecular weight excluding hydrogens is 470 g/mol. The van der Waals surface area contributed by atoms with Gasteiger partial charge in [-0.05, 0) is 60.4 Å². The molecule has 1 saturated carbocycles. The number of halogens is 1. The van der Waals surface area contributed by atoms with Gasteiger partial charge in [-0.1, -0.05) is 12.8 Å². The van der Waals surface area contributed by atoms with Gasteiger partial charge in [0.1, 0.15) is 0 Å². The normalized spacial score (nSPS) is 17.2. The van der Waals surface area contributed by atoms with Crippen LogP contribution in [0.25, 0.3) is 16.0 Å². The van der Waals surface area contributed by atoms with Gasteiger partial charge in [-0.25, -0.2) is 4.98 Å². The van der Waals surface area contributed by atoms with Gasteiger partial charge in [-0.15, -0.1) is 16.4 Å². The van der Waals surface area contributed by atoms with Gasteiger partial charge in [-0.2, -0.15) is 14.6 Å². The van der Waals surface area contributed by atoms with Crippen molar-refractivity contribution in [2.75, 3.05) is 24.1 Å². The molecule has 4 aromatic heterocycles. The molecule has 0 bridgehead atoms. The van der Waals surface area contributed by atoms with E-state index >= 15 is 0 Å². The first kappa shape index (κ1) is 21.7. The lowest BCUT2D eigenvalue weighted by atomic mass is 10.1. The molecule has 5 heterocycles. The summed E-state index contributed by atoms with van der Waals surface area (Å²) >= 11 is 7.71. The van der Waals surface area contributed by atoms with Crippen LogP contribution in [-0.2, 0) is 12.8 Å². The van der Waals surface area contributed by atoms with Crippen LogP contribution < -0.4 is 11.1 Å². The number of anilines is 3. The molecule has 1 aliphatic heterocycles. The van der Waals surface area contributed by atoms with Gasteiger partial charge in [0.05, 0.1) is 22.1 Å². The Hall–Kier alpha value is -2.82. The zero-order valence-electron chi connectivity index (χ0n) is 19.0. The second-order valence-electron chi connectivity index (χ2n) is 9.05. The Morgan fingerprint density at radius 3 is 2.82 bits per heavy atom. The molecule has 0 atom stereocenters. The van der Waals surface area contributed by atoms with Crippen LogP contribution in [0, 0.1) is 6.92 Å². The van der Waals surface area contributed by atoms with Crippen LogP contribution in [0.2, 0.25) is 5.28 Å². The van der Waals surface area contributed by atoms with Crippen molar-refractivity contribution in [3.63, 3.8) is 0 Å². The summed E-state index contributed by atoms with van der Waals surface area (Å²) in [7, 11) is 0. The van der Waals surface area contributed by atoms with Gasteiger partial charge in [-0.3, -0.25) is 9.88 Å². The van der Waals surface area contributed by atoms with Crippen molar-refractivity contribution in [3.05, 3.63) is 39.7 Å². The molecule has 0 radical (unpaired) electrons. The minimum Gasteiger partial charge on any atom is -0.368 e. The number of nitrogens with zero attached hydrogens (tertiary/aromatic N) is 7. The third-order valence-electron chi connectivity index (χ3n) is 6.84. The van der Waals surface area contributed by atoms with E-state index in [9.17, 15) is 0 Å². The Bertz CT molecular complexity index is 1360. The van der Waals surface area contributed by atoms with Gasteiger partial charge in [0, 0.05) is 31.2 Å². The summed E-state index contributed by atoms with van der Waals surface area (Å²) in [6.45, 7) is 4.17. The number of pyridine rings is 1. The molecule has 0 aromatic carbocycles. The van der Waals surface area contributed by atoms with E-state index < -0.39 is 0 Å². The van der Waals surface area contributed by atoms with Gasteiger partial charge in [0.2, 0.25) is 17.2 Å². The number of hydrogen-bond donors (Lipinski definition) is 2. The van der Waals surface area contributed by atoms with Crippen molar-refractivity contribution in [2.24, 2.45) is 0 Å². The van der Waals surface area contributed by atoms with E-state index in [0.717, 1.165) is 53.4 Å². The number of nitrogen functional groups attached to an aromatic ring is 1. The number of aromatic nitrogens is 6. The summed E-state index contributed by atoms with van der Waals surface area (Å²) in [5.41, 5.74) is 11.4. The second-order valence-corrected chi connectivity index (χ2v) is 10.3. The zero-order chi connectivity index (χ0) is 23.2. The van der Waals surface area contributed by atoms with Crippen molar-refractivity contribution in [1.82, 2.24) is 34.6 Å². The molecule has 11 heteroatoms. The lowest BCUT2D eigenvalue weighted by molar-refractivity contribution is 0.208. The van der Waals surface area contributed by atoms with Crippen LogP contribution in [0.1, 0.15) is 42.5 Å². The van der Waals surface area contributed by atoms with Gasteiger partial charge < -0.3 is 11.1 Å². The Morgan fingerprint density at radius 1 is 1.15 bits per heavy atom. The topological polar surface area (TPSA) is 111 Å². The minimum atomic E-state index is 0.148. The molecular formula is C23H26ClN9S. The van der Waals surface area contributed by atoms with Crippen LogP contribution in [0.5, 0.6) is 0 Å². The van der Waals surface area contributed by atoms with Gasteiger partial charge >= 0.3 is 0 Å². The quantitative estimate of drug-likeness (QED) is 0.403. The maximum Gasteiger partial charge on any atom is 0.248 e. The van der Waals surface area contributed by atoms with Crippen LogP contribution in [0.4, 0.5) is 17.6 Å². The molecule has 9 nitrogen and oxygen atoms in total. The predicted molar refractivity (Wildman–Crippen MR) is 135 cm³/mol. The molecule has 0 spiro atoms. The molecule has 3 N–H and O–H groups in total. The van der Waals surface area contributed by atoms with Gasteiger partial charge in [0.15, 0.2) is 5.82 Å². The molecule has 6 rings (SSSR count). The Morgan fingerprint density at radius 2 is 1.97 bits per heavy atom. The van der Waals surface area contributed by atoms with Crippen LogP contribution in [0.15, 0.2) is 17.6 Å². The largest absolute Gasteiger partial charge is 0.368 e. The monoisotopic (exact) mass is 495 g/mol. The first-order valence-corrected chi connectivity index (χ1v) is 12.9. The maximum atomic E-state index is 6.21. The van der Waals surface area contributed by atoms with E-state index in [2.05, 4.69) is 36.3 Å². The highest BCUT2D eigenvalue weighted by molar-refractivity contribution is 7.17. The van der Waals surface area contributed by atoms with Crippen molar-refractivity contribution >= 4 is 50.7 Å². The number of aryl methyl sites for hydroxylation is 1. The zero-order valence-corrected chi connectivity index (χ0v) is 20.5. The number of nitrogens with two attached hydrogens (primary N) is 1. The Kier molecular flexibility index (Phi) is 5.59. The van der Waals surface area contributed by atoms with Crippen molar-refractivity contribution in [2.45, 2.75) is 51.5 Å². The van der Waals surface area contributed by atoms with E-state index in [1.54, 1.807) is 0 Å². The average Bonchev–Trinajstić information content (AvgIpc) is 3.53. The molecule has 1 fully saturated rings. The highest BCUT2D eigenvalue weighted by atomic mass is 35.5. The summed E-state index contributed by atoms with van der Waals surface area (Å²) in [6.07, 6.45) is 9.25. The lowest BCUT2D eigenvalue weighted by Crippen LogP contribution is -2.35. The number of hydrogen-bond acceptors (Lipinski definition) is 9. The van der Waals surface area contributed by atoms with Gasteiger partial charge in [0.25, 0.3) is 0 Å². The number of rotatable bonds is 4.